The zero-order chi connectivity index (χ0) is 14.3. The van der Waals surface area contributed by atoms with Crippen LogP contribution in [0.1, 0.15) is 10.7 Å². The van der Waals surface area contributed by atoms with Gasteiger partial charge in [0.2, 0.25) is 0 Å². The van der Waals surface area contributed by atoms with Gasteiger partial charge in [-0.2, -0.15) is 0 Å². The third kappa shape index (κ3) is 2.41. The Morgan fingerprint density at radius 2 is 2.00 bits per heavy atom. The number of hydrogen-bond acceptors (Lipinski definition) is 4. The minimum atomic E-state index is -3.52. The SMILES string of the molecule is Cc1nc2ccc(NS(=O)(=O)c3ccc(C)s3)cc2[nH]1. The third-order valence-corrected chi connectivity index (χ3v) is 5.71. The Morgan fingerprint density at radius 3 is 2.70 bits per heavy atom. The summed E-state index contributed by atoms with van der Waals surface area (Å²) in [6.07, 6.45) is 0. The fourth-order valence-corrected chi connectivity index (χ4v) is 4.30. The molecule has 2 aromatic heterocycles. The van der Waals surface area contributed by atoms with Crippen LogP contribution >= 0.6 is 11.3 Å². The van der Waals surface area contributed by atoms with E-state index in [9.17, 15) is 8.42 Å². The van der Waals surface area contributed by atoms with Crippen molar-refractivity contribution in [2.75, 3.05) is 4.72 Å². The molecule has 1 aromatic carbocycles. The van der Waals surface area contributed by atoms with Gasteiger partial charge in [-0.3, -0.25) is 4.72 Å². The van der Waals surface area contributed by atoms with Crippen LogP contribution < -0.4 is 4.72 Å². The Morgan fingerprint density at radius 1 is 1.20 bits per heavy atom. The number of thiophene rings is 1. The van der Waals surface area contributed by atoms with Crippen LogP contribution in [0, 0.1) is 13.8 Å². The highest BCUT2D eigenvalue weighted by Crippen LogP contribution is 2.24. The molecule has 0 radical (unpaired) electrons. The van der Waals surface area contributed by atoms with E-state index < -0.39 is 10.0 Å². The van der Waals surface area contributed by atoms with Gasteiger partial charge in [0, 0.05) is 4.88 Å². The van der Waals surface area contributed by atoms with Crippen molar-refractivity contribution in [1.29, 1.82) is 0 Å². The fraction of sp³-hybridized carbons (Fsp3) is 0.154. The van der Waals surface area contributed by atoms with E-state index in [1.54, 1.807) is 30.3 Å². The van der Waals surface area contributed by atoms with Gasteiger partial charge >= 0.3 is 0 Å². The van der Waals surface area contributed by atoms with Crippen LogP contribution in [-0.2, 0) is 10.0 Å². The number of rotatable bonds is 3. The molecule has 0 unspecified atom stereocenters. The molecule has 20 heavy (non-hydrogen) atoms. The molecule has 7 heteroatoms. The predicted octanol–water partition coefficient (Wildman–Crippen LogP) is 3.04. The zero-order valence-electron chi connectivity index (χ0n) is 11.0. The monoisotopic (exact) mass is 307 g/mol. The first-order valence-electron chi connectivity index (χ1n) is 6.00. The van der Waals surface area contributed by atoms with Crippen LogP contribution in [0.4, 0.5) is 5.69 Å². The number of H-pyrrole nitrogens is 1. The van der Waals surface area contributed by atoms with E-state index in [2.05, 4.69) is 14.7 Å². The standard InChI is InChI=1S/C13H13N3O2S2/c1-8-3-6-13(19-8)20(17,18)16-10-4-5-11-12(7-10)15-9(2)14-11/h3-7,16H,1-2H3,(H,14,15). The number of aryl methyl sites for hydroxylation is 2. The normalized spacial score (nSPS) is 11.9. The number of aromatic amines is 1. The number of nitrogens with one attached hydrogen (secondary N) is 2. The molecule has 0 fully saturated rings. The molecule has 0 spiro atoms. The van der Waals surface area contributed by atoms with E-state index in [1.807, 2.05) is 13.8 Å². The van der Waals surface area contributed by atoms with Crippen LogP contribution in [0.15, 0.2) is 34.5 Å². The Labute approximate surface area is 120 Å². The molecular formula is C13H13N3O2S2. The number of benzene rings is 1. The average Bonchev–Trinajstić information content (AvgIpc) is 2.93. The maximum absolute atomic E-state index is 12.2. The van der Waals surface area contributed by atoms with Crippen LogP contribution in [0.25, 0.3) is 11.0 Å². The summed E-state index contributed by atoms with van der Waals surface area (Å²) >= 11 is 1.25. The molecular weight excluding hydrogens is 294 g/mol. The van der Waals surface area contributed by atoms with E-state index in [0.717, 1.165) is 21.7 Å². The highest BCUT2D eigenvalue weighted by atomic mass is 32.2. The average molecular weight is 307 g/mol. The van der Waals surface area contributed by atoms with Crippen molar-refractivity contribution in [1.82, 2.24) is 9.97 Å². The molecule has 0 saturated carbocycles. The molecule has 104 valence electrons. The summed E-state index contributed by atoms with van der Waals surface area (Å²) in [6, 6.07) is 8.65. The lowest BCUT2D eigenvalue weighted by atomic mass is 10.3. The van der Waals surface area contributed by atoms with Crippen molar-refractivity contribution in [3.8, 4) is 0 Å². The second kappa shape index (κ2) is 4.60. The molecule has 0 amide bonds. The summed E-state index contributed by atoms with van der Waals surface area (Å²) in [5.74, 6) is 0.800. The summed E-state index contributed by atoms with van der Waals surface area (Å²) in [5.41, 5.74) is 2.15. The number of aromatic nitrogens is 2. The van der Waals surface area contributed by atoms with E-state index in [1.165, 1.54) is 11.3 Å². The third-order valence-electron chi connectivity index (χ3n) is 2.83. The molecule has 0 saturated heterocycles. The molecule has 5 nitrogen and oxygen atoms in total. The minimum Gasteiger partial charge on any atom is -0.342 e. The maximum atomic E-state index is 12.2. The predicted molar refractivity (Wildman–Crippen MR) is 80.7 cm³/mol. The van der Waals surface area contributed by atoms with E-state index in [0.29, 0.717) is 9.90 Å². The van der Waals surface area contributed by atoms with E-state index in [4.69, 9.17) is 0 Å². The molecule has 3 aromatic rings. The number of imidazole rings is 1. The van der Waals surface area contributed by atoms with Crippen molar-refractivity contribution >= 4 is 38.1 Å². The van der Waals surface area contributed by atoms with E-state index >= 15 is 0 Å². The fourth-order valence-electron chi connectivity index (χ4n) is 1.96. The van der Waals surface area contributed by atoms with Gasteiger partial charge in [0.05, 0.1) is 16.7 Å². The van der Waals surface area contributed by atoms with Gasteiger partial charge in [-0.1, -0.05) is 0 Å². The summed E-state index contributed by atoms with van der Waals surface area (Å²) in [7, 11) is -3.52. The Kier molecular flexibility index (Phi) is 3.02. The largest absolute Gasteiger partial charge is 0.342 e. The van der Waals surface area contributed by atoms with Gasteiger partial charge in [-0.15, -0.1) is 11.3 Å². The van der Waals surface area contributed by atoms with Crippen LogP contribution in [0.3, 0.4) is 0 Å². The summed E-state index contributed by atoms with van der Waals surface area (Å²) in [6.45, 7) is 3.74. The molecule has 3 rings (SSSR count). The second-order valence-corrected chi connectivity index (χ2v) is 7.72. The molecule has 0 aliphatic heterocycles. The van der Waals surface area contributed by atoms with Crippen molar-refractivity contribution < 1.29 is 8.42 Å². The summed E-state index contributed by atoms with van der Waals surface area (Å²) < 4.78 is 27.4. The molecule has 0 atom stereocenters. The minimum absolute atomic E-state index is 0.316. The number of nitrogens with zero attached hydrogens (tertiary/aromatic N) is 1. The second-order valence-electron chi connectivity index (χ2n) is 4.52. The quantitative estimate of drug-likeness (QED) is 0.781. The molecule has 0 aliphatic carbocycles. The highest BCUT2D eigenvalue weighted by Gasteiger charge is 2.16. The number of hydrogen-bond donors (Lipinski definition) is 2. The molecule has 0 bridgehead atoms. The first kappa shape index (κ1) is 13.1. The Balaban J connectivity index is 1.96. The van der Waals surface area contributed by atoms with Gasteiger partial charge < -0.3 is 4.98 Å². The Bertz CT molecular complexity index is 878. The van der Waals surface area contributed by atoms with Crippen LogP contribution in [0.2, 0.25) is 0 Å². The number of sulfonamides is 1. The summed E-state index contributed by atoms with van der Waals surface area (Å²) in [5, 5.41) is 0. The van der Waals surface area contributed by atoms with Gasteiger partial charge in [0.15, 0.2) is 0 Å². The molecule has 2 N–H and O–H groups in total. The topological polar surface area (TPSA) is 74.8 Å². The van der Waals surface area contributed by atoms with Crippen molar-refractivity contribution in [2.45, 2.75) is 18.1 Å². The first-order chi connectivity index (χ1) is 9.44. The van der Waals surface area contributed by atoms with Gasteiger partial charge in [0.1, 0.15) is 10.0 Å². The zero-order valence-corrected chi connectivity index (χ0v) is 12.6. The number of anilines is 1. The molecule has 0 aliphatic rings. The van der Waals surface area contributed by atoms with Crippen molar-refractivity contribution in [3.05, 3.63) is 41.0 Å². The maximum Gasteiger partial charge on any atom is 0.271 e. The van der Waals surface area contributed by atoms with Crippen LogP contribution in [0.5, 0.6) is 0 Å². The lowest BCUT2D eigenvalue weighted by Gasteiger charge is -2.05. The smallest absolute Gasteiger partial charge is 0.271 e. The van der Waals surface area contributed by atoms with Crippen molar-refractivity contribution in [2.24, 2.45) is 0 Å². The van der Waals surface area contributed by atoms with Crippen LogP contribution in [-0.4, -0.2) is 18.4 Å². The van der Waals surface area contributed by atoms with Gasteiger partial charge in [-0.25, -0.2) is 13.4 Å². The first-order valence-corrected chi connectivity index (χ1v) is 8.30. The lowest BCUT2D eigenvalue weighted by molar-refractivity contribution is 0.603. The van der Waals surface area contributed by atoms with Gasteiger partial charge in [-0.05, 0) is 44.2 Å². The Hall–Kier alpha value is -1.86. The van der Waals surface area contributed by atoms with E-state index in [-0.39, 0.29) is 0 Å². The number of fused-ring (bicyclic) bond motifs is 1. The molecule has 2 heterocycles. The summed E-state index contributed by atoms with van der Waals surface area (Å²) in [4.78, 5) is 8.33. The lowest BCUT2D eigenvalue weighted by Crippen LogP contribution is -2.11. The van der Waals surface area contributed by atoms with Crippen molar-refractivity contribution in [3.63, 3.8) is 0 Å². The highest BCUT2D eigenvalue weighted by molar-refractivity contribution is 7.94. The van der Waals surface area contributed by atoms with Gasteiger partial charge in [0.25, 0.3) is 10.0 Å².